The van der Waals surface area contributed by atoms with Gasteiger partial charge in [-0.2, -0.15) is 12.6 Å². The molecule has 0 unspecified atom stereocenters. The molecule has 0 bridgehead atoms. The monoisotopic (exact) mass is 134 g/mol. The van der Waals surface area contributed by atoms with Crippen LogP contribution in [0.4, 0.5) is 0 Å². The summed E-state index contributed by atoms with van der Waals surface area (Å²) < 4.78 is 0. The van der Waals surface area contributed by atoms with E-state index < -0.39 is 5.97 Å². The lowest BCUT2D eigenvalue weighted by Gasteiger charge is -1.96. The van der Waals surface area contributed by atoms with Gasteiger partial charge in [-0.25, -0.2) is 0 Å². The molecule has 0 saturated carbocycles. The highest BCUT2D eigenvalue weighted by molar-refractivity contribution is 7.80. The van der Waals surface area contributed by atoms with Gasteiger partial charge in [0.05, 0.1) is 0 Å². The summed E-state index contributed by atoms with van der Waals surface area (Å²) in [5, 5.41) is 8.33. The van der Waals surface area contributed by atoms with Crippen molar-refractivity contribution in [2.45, 2.75) is 25.0 Å². The number of thiol groups is 1. The van der Waals surface area contributed by atoms with E-state index in [0.29, 0.717) is 6.42 Å². The molecule has 0 aromatic carbocycles. The van der Waals surface area contributed by atoms with Crippen molar-refractivity contribution < 1.29 is 9.90 Å². The molecule has 0 aromatic heterocycles. The van der Waals surface area contributed by atoms with E-state index in [-0.39, 0.29) is 11.7 Å². The Morgan fingerprint density at radius 2 is 2.38 bits per heavy atom. The molecule has 3 heteroatoms. The van der Waals surface area contributed by atoms with Crippen LogP contribution < -0.4 is 0 Å². The maximum absolute atomic E-state index is 9.87. The van der Waals surface area contributed by atoms with Crippen LogP contribution in [0.5, 0.6) is 0 Å². The number of rotatable bonds is 3. The van der Waals surface area contributed by atoms with Crippen LogP contribution in [0.15, 0.2) is 0 Å². The number of hydrogen-bond donors (Lipinski definition) is 2. The van der Waals surface area contributed by atoms with Gasteiger partial charge in [-0.3, -0.25) is 4.79 Å². The summed E-state index contributed by atoms with van der Waals surface area (Å²) in [6, 6.07) is 0. The summed E-state index contributed by atoms with van der Waals surface area (Å²) in [4.78, 5) is 9.87. The minimum Gasteiger partial charge on any atom is -0.481 e. The summed E-state index contributed by atoms with van der Waals surface area (Å²) in [6.45, 7) is 1.88. The minimum absolute atomic E-state index is 0.200. The van der Waals surface area contributed by atoms with E-state index >= 15 is 0 Å². The number of carboxylic acids is 1. The molecule has 1 N–H and O–H groups in total. The van der Waals surface area contributed by atoms with E-state index in [1.54, 1.807) is 0 Å². The van der Waals surface area contributed by atoms with E-state index in [2.05, 4.69) is 12.6 Å². The molecule has 48 valence electrons. The number of aliphatic carboxylic acids is 1. The first kappa shape index (κ1) is 7.82. The zero-order chi connectivity index (χ0) is 6.57. The maximum atomic E-state index is 9.87. The molecule has 0 fully saturated rings. The van der Waals surface area contributed by atoms with Crippen LogP contribution in [0.2, 0.25) is 0 Å². The second kappa shape index (κ2) is 3.78. The molecular weight excluding hydrogens is 124 g/mol. The fourth-order valence-electron chi connectivity index (χ4n) is 0.332. The predicted octanol–water partition coefficient (Wildman–Crippen LogP) is 1.17. The highest BCUT2D eigenvalue weighted by Gasteiger charge is 1.98. The summed E-state index contributed by atoms with van der Waals surface area (Å²) in [7, 11) is 0. The van der Waals surface area contributed by atoms with E-state index in [0.717, 1.165) is 0 Å². The lowest BCUT2D eigenvalue weighted by atomic mass is 10.2. The quantitative estimate of drug-likeness (QED) is 0.568. The molecule has 0 aliphatic heterocycles. The average molecular weight is 134 g/mol. The molecular formula is C5H10O2S. The third-order valence-electron chi connectivity index (χ3n) is 0.776. The second-order valence-corrected chi connectivity index (χ2v) is 2.66. The zero-order valence-corrected chi connectivity index (χ0v) is 5.69. The molecule has 0 aliphatic carbocycles. The Kier molecular flexibility index (Phi) is 3.69. The van der Waals surface area contributed by atoms with Crippen molar-refractivity contribution in [2.24, 2.45) is 0 Å². The SMILES string of the molecule is C[C@@H](S)CCC(=O)O. The van der Waals surface area contributed by atoms with Crippen LogP contribution in [0, 0.1) is 0 Å². The van der Waals surface area contributed by atoms with Crippen LogP contribution in [-0.4, -0.2) is 16.3 Å². The number of carboxylic acid groups (broad SMARTS) is 1. The van der Waals surface area contributed by atoms with Gasteiger partial charge in [0, 0.05) is 6.42 Å². The van der Waals surface area contributed by atoms with Crippen LogP contribution in [0.25, 0.3) is 0 Å². The number of hydrogen-bond acceptors (Lipinski definition) is 2. The normalized spacial score (nSPS) is 13.2. The molecule has 8 heavy (non-hydrogen) atoms. The Hall–Kier alpha value is -0.180. The van der Waals surface area contributed by atoms with Gasteiger partial charge in [0.15, 0.2) is 0 Å². The zero-order valence-electron chi connectivity index (χ0n) is 4.79. The molecule has 0 spiro atoms. The minimum atomic E-state index is -0.745. The molecule has 0 rings (SSSR count). The van der Waals surface area contributed by atoms with Crippen molar-refractivity contribution in [2.75, 3.05) is 0 Å². The van der Waals surface area contributed by atoms with E-state index in [1.165, 1.54) is 0 Å². The van der Waals surface area contributed by atoms with E-state index in [4.69, 9.17) is 5.11 Å². The molecule has 0 radical (unpaired) electrons. The Bertz CT molecular complexity index is 80.5. The van der Waals surface area contributed by atoms with Crippen molar-refractivity contribution in [1.29, 1.82) is 0 Å². The van der Waals surface area contributed by atoms with Gasteiger partial charge in [-0.1, -0.05) is 6.92 Å². The first-order valence-corrected chi connectivity index (χ1v) is 3.04. The highest BCUT2D eigenvalue weighted by atomic mass is 32.1. The maximum Gasteiger partial charge on any atom is 0.303 e. The van der Waals surface area contributed by atoms with Crippen molar-refractivity contribution in [3.05, 3.63) is 0 Å². The average Bonchev–Trinajstić information content (AvgIpc) is 1.61. The fraction of sp³-hybridized carbons (Fsp3) is 0.800. The highest BCUT2D eigenvalue weighted by Crippen LogP contribution is 2.01. The first-order chi connectivity index (χ1) is 3.63. The molecule has 0 heterocycles. The van der Waals surface area contributed by atoms with Gasteiger partial charge in [0.2, 0.25) is 0 Å². The van der Waals surface area contributed by atoms with Crippen molar-refractivity contribution in [3.8, 4) is 0 Å². The van der Waals surface area contributed by atoms with Gasteiger partial charge in [0.25, 0.3) is 0 Å². The predicted molar refractivity (Wildman–Crippen MR) is 35.3 cm³/mol. The van der Waals surface area contributed by atoms with Gasteiger partial charge in [-0.15, -0.1) is 0 Å². The summed E-state index contributed by atoms with van der Waals surface area (Å²) in [5.41, 5.74) is 0. The third-order valence-corrected chi connectivity index (χ3v) is 1.03. The van der Waals surface area contributed by atoms with Crippen LogP contribution >= 0.6 is 12.6 Å². The Morgan fingerprint density at radius 1 is 1.88 bits per heavy atom. The van der Waals surface area contributed by atoms with E-state index in [9.17, 15) is 4.79 Å². The smallest absolute Gasteiger partial charge is 0.303 e. The summed E-state index contributed by atoms with van der Waals surface area (Å²) in [5.74, 6) is -0.745. The van der Waals surface area contributed by atoms with Gasteiger partial charge >= 0.3 is 5.97 Å². The Balaban J connectivity index is 3.05. The Morgan fingerprint density at radius 3 is 2.50 bits per heavy atom. The number of carbonyl (C=O) groups is 1. The summed E-state index contributed by atoms with van der Waals surface area (Å²) in [6.07, 6.45) is 0.878. The molecule has 0 saturated heterocycles. The van der Waals surface area contributed by atoms with Crippen LogP contribution in [0.1, 0.15) is 19.8 Å². The third kappa shape index (κ3) is 5.82. The van der Waals surface area contributed by atoms with Crippen molar-refractivity contribution in [3.63, 3.8) is 0 Å². The van der Waals surface area contributed by atoms with Gasteiger partial charge < -0.3 is 5.11 Å². The van der Waals surface area contributed by atoms with Gasteiger partial charge in [-0.05, 0) is 11.7 Å². The molecule has 2 nitrogen and oxygen atoms in total. The largest absolute Gasteiger partial charge is 0.481 e. The van der Waals surface area contributed by atoms with Crippen LogP contribution in [0.3, 0.4) is 0 Å². The second-order valence-electron chi connectivity index (χ2n) is 1.78. The van der Waals surface area contributed by atoms with Crippen LogP contribution in [-0.2, 0) is 4.79 Å². The standard InChI is InChI=1S/C5H10O2S/c1-4(8)2-3-5(6)7/h4,8H,2-3H2,1H3,(H,6,7)/t4-/m1/s1. The van der Waals surface area contributed by atoms with Gasteiger partial charge in [0.1, 0.15) is 0 Å². The molecule has 1 atom stereocenters. The lowest BCUT2D eigenvalue weighted by Crippen LogP contribution is -1.98. The summed E-state index contributed by atoms with van der Waals surface area (Å²) >= 11 is 4.01. The first-order valence-electron chi connectivity index (χ1n) is 2.53. The Labute approximate surface area is 54.3 Å². The molecule has 0 aromatic rings. The van der Waals surface area contributed by atoms with Crippen molar-refractivity contribution in [1.82, 2.24) is 0 Å². The molecule has 0 aliphatic rings. The topological polar surface area (TPSA) is 37.3 Å². The molecule has 0 amide bonds. The van der Waals surface area contributed by atoms with E-state index in [1.807, 2.05) is 6.92 Å². The fourth-order valence-corrected chi connectivity index (χ4v) is 0.461. The lowest BCUT2D eigenvalue weighted by molar-refractivity contribution is -0.137. The van der Waals surface area contributed by atoms with Crippen molar-refractivity contribution >= 4 is 18.6 Å².